The van der Waals surface area contributed by atoms with Crippen LogP contribution in [-0.4, -0.2) is 58.1 Å². The van der Waals surface area contributed by atoms with Gasteiger partial charge in [0.25, 0.3) is 17.7 Å². The summed E-state index contributed by atoms with van der Waals surface area (Å²) in [6.45, 7) is 1.89. The van der Waals surface area contributed by atoms with Crippen LogP contribution in [0.3, 0.4) is 0 Å². The Labute approximate surface area is 270 Å². The zero-order valence-electron chi connectivity index (χ0n) is 25.9. The summed E-state index contributed by atoms with van der Waals surface area (Å²) < 4.78 is 57.3. The average molecular weight is 653 g/mol. The molecule has 9 rings (SSSR count). The maximum Gasteiger partial charge on any atom is 0.416 e. The molecular formula is C36H27F3N4O5. The number of fused-ring (bicyclic) bond motifs is 13. The molecule has 242 valence electrons. The summed E-state index contributed by atoms with van der Waals surface area (Å²) in [5.41, 5.74) is 1.58. The fourth-order valence-electron chi connectivity index (χ4n) is 8.47. The number of halogens is 3. The van der Waals surface area contributed by atoms with E-state index in [1.54, 1.807) is 7.05 Å². The maximum absolute atomic E-state index is 14.0. The third kappa shape index (κ3) is 3.50. The lowest BCUT2D eigenvalue weighted by atomic mass is 9.91. The largest absolute Gasteiger partial charge is 0.416 e. The number of benzene rings is 4. The van der Waals surface area contributed by atoms with Gasteiger partial charge in [-0.2, -0.15) is 13.2 Å². The molecule has 0 radical (unpaired) electrons. The average Bonchev–Trinajstić information content (AvgIpc) is 3.68. The Morgan fingerprint density at radius 1 is 0.917 bits per heavy atom. The van der Waals surface area contributed by atoms with Crippen LogP contribution in [0.25, 0.3) is 43.6 Å². The summed E-state index contributed by atoms with van der Waals surface area (Å²) in [6.07, 6.45) is -5.71. The van der Waals surface area contributed by atoms with Gasteiger partial charge in [0, 0.05) is 47.7 Å². The number of aromatic nitrogens is 2. The second kappa shape index (κ2) is 9.45. The van der Waals surface area contributed by atoms with Gasteiger partial charge in [0.05, 0.1) is 44.8 Å². The zero-order valence-corrected chi connectivity index (χ0v) is 25.9. The van der Waals surface area contributed by atoms with E-state index in [0.29, 0.717) is 27.4 Å². The van der Waals surface area contributed by atoms with Crippen molar-refractivity contribution >= 4 is 61.3 Å². The third-order valence-electron chi connectivity index (χ3n) is 10.4. The Bertz CT molecular complexity index is 2430. The van der Waals surface area contributed by atoms with Gasteiger partial charge in [-0.05, 0) is 43.3 Å². The van der Waals surface area contributed by atoms with E-state index in [1.807, 2.05) is 60.0 Å². The molecule has 1 N–H and O–H groups in total. The summed E-state index contributed by atoms with van der Waals surface area (Å²) >= 11 is 0. The number of nitrogens with one attached hydrogen (secondary N) is 1. The molecule has 5 heterocycles. The fourth-order valence-corrected chi connectivity index (χ4v) is 8.47. The van der Waals surface area contributed by atoms with Gasteiger partial charge >= 0.3 is 6.18 Å². The first-order chi connectivity index (χ1) is 23.0. The number of likely N-dealkylation sites (N-methyl/N-ethyl adjacent to an activating group) is 1. The molecule has 3 amide bonds. The second-order valence-corrected chi connectivity index (χ2v) is 12.8. The molecule has 0 saturated carbocycles. The highest BCUT2D eigenvalue weighted by atomic mass is 19.4. The van der Waals surface area contributed by atoms with Gasteiger partial charge < -0.3 is 23.5 Å². The lowest BCUT2D eigenvalue weighted by Gasteiger charge is -2.50. The number of hydrogen-bond acceptors (Lipinski definition) is 5. The molecule has 2 aromatic heterocycles. The lowest BCUT2D eigenvalue weighted by molar-refractivity contribution is -0.264. The van der Waals surface area contributed by atoms with Crippen molar-refractivity contribution in [3.63, 3.8) is 0 Å². The molecule has 4 atom stereocenters. The Hall–Kier alpha value is -5.20. The summed E-state index contributed by atoms with van der Waals surface area (Å²) in [4.78, 5) is 42.6. The molecule has 0 spiro atoms. The topological polar surface area (TPSA) is 94.8 Å². The van der Waals surface area contributed by atoms with Crippen molar-refractivity contribution in [1.82, 2.24) is 19.4 Å². The summed E-state index contributed by atoms with van der Waals surface area (Å²) in [6, 6.07) is 18.8. The van der Waals surface area contributed by atoms with Crippen LogP contribution in [0, 0.1) is 0 Å². The number of alkyl halides is 3. The maximum atomic E-state index is 14.0. The van der Waals surface area contributed by atoms with Crippen molar-refractivity contribution in [1.29, 1.82) is 0 Å². The number of carbonyl (C=O) groups is 3. The number of imide groups is 1. The van der Waals surface area contributed by atoms with Crippen molar-refractivity contribution < 1.29 is 37.0 Å². The summed E-state index contributed by atoms with van der Waals surface area (Å²) in [5.74, 6) is -1.41. The first kappa shape index (κ1) is 29.0. The SMILES string of the molecule is CO[C@@H]1[C@H](N(C)C(=O)c2ccc(C(F)(F)F)cc2)C[C@H]2O[C@]1(C)n1c3ccccc3c3c4c(c5c6ccccc6n2c5c31)C(=O)NC4=O. The van der Waals surface area contributed by atoms with Crippen LogP contribution in [0.2, 0.25) is 0 Å². The molecule has 1 fully saturated rings. The van der Waals surface area contributed by atoms with Gasteiger partial charge in [0.1, 0.15) is 12.3 Å². The number of ether oxygens (including phenoxy) is 2. The number of rotatable bonds is 3. The van der Waals surface area contributed by atoms with E-state index in [2.05, 4.69) is 9.88 Å². The molecule has 9 nitrogen and oxygen atoms in total. The smallest absolute Gasteiger partial charge is 0.374 e. The van der Waals surface area contributed by atoms with E-state index in [-0.39, 0.29) is 12.0 Å². The van der Waals surface area contributed by atoms with E-state index in [4.69, 9.17) is 9.47 Å². The minimum absolute atomic E-state index is 0.104. The monoisotopic (exact) mass is 652 g/mol. The molecule has 6 aromatic rings. The molecule has 0 unspecified atom stereocenters. The van der Waals surface area contributed by atoms with Gasteiger partial charge in [-0.3, -0.25) is 19.7 Å². The summed E-state index contributed by atoms with van der Waals surface area (Å²) in [5, 5.41) is 5.32. The van der Waals surface area contributed by atoms with Crippen molar-refractivity contribution in [2.24, 2.45) is 0 Å². The first-order valence-electron chi connectivity index (χ1n) is 15.5. The van der Waals surface area contributed by atoms with E-state index < -0.39 is 53.6 Å². The van der Waals surface area contributed by atoms with Crippen LogP contribution in [0.5, 0.6) is 0 Å². The number of nitrogens with zero attached hydrogens (tertiary/aromatic N) is 3. The molecule has 3 aliphatic rings. The molecule has 4 aromatic carbocycles. The Morgan fingerprint density at radius 2 is 1.50 bits per heavy atom. The number of para-hydroxylation sites is 2. The van der Waals surface area contributed by atoms with Crippen LogP contribution >= 0.6 is 0 Å². The Balaban J connectivity index is 1.34. The normalized spacial score (nSPS) is 23.3. The predicted molar refractivity (Wildman–Crippen MR) is 171 cm³/mol. The summed E-state index contributed by atoms with van der Waals surface area (Å²) in [7, 11) is 3.16. The van der Waals surface area contributed by atoms with Gasteiger partial charge in [-0.15, -0.1) is 0 Å². The molecule has 0 aliphatic carbocycles. The van der Waals surface area contributed by atoms with Crippen molar-refractivity contribution in [3.8, 4) is 0 Å². The highest BCUT2D eigenvalue weighted by molar-refractivity contribution is 6.39. The molecule has 12 heteroatoms. The highest BCUT2D eigenvalue weighted by Gasteiger charge is 2.55. The zero-order chi connectivity index (χ0) is 33.4. The van der Waals surface area contributed by atoms with E-state index in [0.717, 1.165) is 39.5 Å². The van der Waals surface area contributed by atoms with Crippen LogP contribution in [-0.2, 0) is 21.4 Å². The Morgan fingerprint density at radius 3 is 2.12 bits per heavy atom. The van der Waals surface area contributed by atoms with Crippen molar-refractivity contribution in [3.05, 3.63) is 95.1 Å². The van der Waals surface area contributed by atoms with E-state index in [1.165, 1.54) is 24.1 Å². The fraction of sp³-hybridized carbons (Fsp3) is 0.250. The minimum Gasteiger partial charge on any atom is -0.374 e. The molecule has 3 aliphatic heterocycles. The minimum atomic E-state index is -4.53. The van der Waals surface area contributed by atoms with E-state index in [9.17, 15) is 27.6 Å². The molecule has 48 heavy (non-hydrogen) atoms. The number of amides is 3. The quantitative estimate of drug-likeness (QED) is 0.219. The van der Waals surface area contributed by atoms with Crippen molar-refractivity contribution in [2.75, 3.05) is 14.2 Å². The highest BCUT2D eigenvalue weighted by Crippen LogP contribution is 2.54. The molecule has 1 saturated heterocycles. The Kier molecular flexibility index (Phi) is 5.71. The van der Waals surface area contributed by atoms with Crippen LogP contribution in [0.4, 0.5) is 13.2 Å². The van der Waals surface area contributed by atoms with Gasteiger partial charge in [-0.25, -0.2) is 0 Å². The number of hydrogen-bond donors (Lipinski definition) is 1. The number of carbonyl (C=O) groups excluding carboxylic acids is 3. The number of methoxy groups -OCH3 is 1. The van der Waals surface area contributed by atoms with E-state index >= 15 is 0 Å². The second-order valence-electron chi connectivity index (χ2n) is 12.8. The van der Waals surface area contributed by atoms with Gasteiger partial charge in [-0.1, -0.05) is 36.4 Å². The third-order valence-corrected chi connectivity index (χ3v) is 10.4. The molecular weight excluding hydrogens is 625 g/mol. The molecule has 2 bridgehead atoms. The predicted octanol–water partition coefficient (Wildman–Crippen LogP) is 6.57. The van der Waals surface area contributed by atoms with Gasteiger partial charge in [0.15, 0.2) is 5.72 Å². The van der Waals surface area contributed by atoms with Crippen LogP contribution < -0.4 is 5.32 Å². The van der Waals surface area contributed by atoms with Crippen LogP contribution in [0.15, 0.2) is 72.8 Å². The lowest BCUT2D eigenvalue weighted by Crippen LogP contribution is -2.61. The first-order valence-corrected chi connectivity index (χ1v) is 15.5. The van der Waals surface area contributed by atoms with Crippen molar-refractivity contribution in [2.45, 2.75) is 43.6 Å². The van der Waals surface area contributed by atoms with Gasteiger partial charge in [0.2, 0.25) is 0 Å². The standard InChI is InChI=1S/C36H27F3N4O5/c1-35-31(47-3)23(41(2)34(46)17-12-14-18(15-13-17)36(37,38)39)16-24(48-35)42-21-10-6-4-8-19(21)25-27-28(33(45)40-32(27)44)26-20-9-5-7-11-22(20)43(35)30(26)29(25)42/h4-15,23-24,31H,16H2,1-3H3,(H,40,44,45)/t23-,24-,31-,35+/m1/s1. The van der Waals surface area contributed by atoms with Crippen LogP contribution in [0.1, 0.15) is 56.2 Å².